The van der Waals surface area contributed by atoms with Crippen molar-refractivity contribution in [3.05, 3.63) is 41.1 Å². The molecule has 0 bridgehead atoms. The molecule has 0 saturated heterocycles. The zero-order chi connectivity index (χ0) is 14.5. The third kappa shape index (κ3) is 2.81. The number of nitriles is 1. The molecule has 2 rings (SSSR count). The Labute approximate surface area is 118 Å². The van der Waals surface area contributed by atoms with Crippen molar-refractivity contribution < 1.29 is 4.74 Å². The van der Waals surface area contributed by atoms with Gasteiger partial charge in [-0.1, -0.05) is 18.2 Å². The number of para-hydroxylation sites is 1. The Hall–Kier alpha value is -2.32. The van der Waals surface area contributed by atoms with Crippen LogP contribution in [0.3, 0.4) is 0 Å². The minimum Gasteiger partial charge on any atom is -0.384 e. The molecule has 5 heteroatoms. The van der Waals surface area contributed by atoms with Crippen LogP contribution in [-0.2, 0) is 18.2 Å². The van der Waals surface area contributed by atoms with Crippen LogP contribution in [0.1, 0.15) is 16.8 Å². The van der Waals surface area contributed by atoms with E-state index in [4.69, 9.17) is 4.74 Å². The third-order valence-corrected chi connectivity index (χ3v) is 3.18. The van der Waals surface area contributed by atoms with Gasteiger partial charge in [-0.15, -0.1) is 0 Å². The second kappa shape index (κ2) is 6.22. The first-order chi connectivity index (χ1) is 9.67. The highest BCUT2D eigenvalue weighted by Gasteiger charge is 2.14. The van der Waals surface area contributed by atoms with Crippen molar-refractivity contribution in [1.29, 1.82) is 5.26 Å². The van der Waals surface area contributed by atoms with Gasteiger partial charge in [0.15, 0.2) is 0 Å². The van der Waals surface area contributed by atoms with Crippen LogP contribution in [0, 0.1) is 18.3 Å². The summed E-state index contributed by atoms with van der Waals surface area (Å²) in [6.07, 6.45) is 0.818. The lowest BCUT2D eigenvalue weighted by Crippen LogP contribution is -2.04. The molecule has 5 nitrogen and oxygen atoms in total. The van der Waals surface area contributed by atoms with Crippen molar-refractivity contribution in [3.63, 3.8) is 0 Å². The van der Waals surface area contributed by atoms with Crippen LogP contribution >= 0.6 is 0 Å². The molecule has 0 atom stereocenters. The molecule has 1 N–H and O–H groups in total. The first-order valence-corrected chi connectivity index (χ1v) is 6.45. The van der Waals surface area contributed by atoms with Gasteiger partial charge in [0.2, 0.25) is 0 Å². The summed E-state index contributed by atoms with van der Waals surface area (Å²) in [5, 5.41) is 16.8. The number of methoxy groups -OCH3 is 1. The van der Waals surface area contributed by atoms with Gasteiger partial charge in [0.25, 0.3) is 0 Å². The number of aromatic nitrogens is 2. The number of hydrogen-bond acceptors (Lipinski definition) is 4. The zero-order valence-electron chi connectivity index (χ0n) is 12.0. The largest absolute Gasteiger partial charge is 0.384 e. The monoisotopic (exact) mass is 270 g/mol. The van der Waals surface area contributed by atoms with E-state index in [0.29, 0.717) is 12.2 Å². The van der Waals surface area contributed by atoms with Crippen molar-refractivity contribution >= 4 is 11.5 Å². The van der Waals surface area contributed by atoms with Crippen LogP contribution in [0.5, 0.6) is 0 Å². The molecule has 1 aromatic heterocycles. The van der Waals surface area contributed by atoms with Gasteiger partial charge in [0.05, 0.1) is 12.3 Å². The summed E-state index contributed by atoms with van der Waals surface area (Å²) >= 11 is 0. The van der Waals surface area contributed by atoms with Crippen LogP contribution in [-0.4, -0.2) is 23.5 Å². The quantitative estimate of drug-likeness (QED) is 0.906. The highest BCUT2D eigenvalue weighted by Crippen LogP contribution is 2.25. The molecule has 0 radical (unpaired) electrons. The molecular weight excluding hydrogens is 252 g/mol. The van der Waals surface area contributed by atoms with E-state index in [1.165, 1.54) is 0 Å². The van der Waals surface area contributed by atoms with E-state index in [1.54, 1.807) is 11.8 Å². The van der Waals surface area contributed by atoms with Crippen molar-refractivity contribution in [1.82, 2.24) is 9.78 Å². The second-order valence-electron chi connectivity index (χ2n) is 4.57. The maximum absolute atomic E-state index is 9.24. The summed E-state index contributed by atoms with van der Waals surface area (Å²) in [5.41, 5.74) is 3.43. The topological polar surface area (TPSA) is 62.9 Å². The average molecular weight is 270 g/mol. The number of benzene rings is 1. The lowest BCUT2D eigenvalue weighted by Gasteiger charge is -2.12. The molecular formula is C15H18N4O. The summed E-state index contributed by atoms with van der Waals surface area (Å²) in [7, 11) is 3.52. The van der Waals surface area contributed by atoms with Gasteiger partial charge in [-0.2, -0.15) is 10.4 Å². The van der Waals surface area contributed by atoms with E-state index in [9.17, 15) is 5.26 Å². The smallest absolute Gasteiger partial charge is 0.146 e. The van der Waals surface area contributed by atoms with Crippen LogP contribution < -0.4 is 5.32 Å². The van der Waals surface area contributed by atoms with E-state index < -0.39 is 0 Å². The molecule has 1 heterocycles. The molecule has 0 amide bonds. The van der Waals surface area contributed by atoms with Crippen LogP contribution in [0.15, 0.2) is 24.3 Å². The van der Waals surface area contributed by atoms with Crippen molar-refractivity contribution in [2.75, 3.05) is 19.0 Å². The Morgan fingerprint density at radius 1 is 1.40 bits per heavy atom. The normalized spacial score (nSPS) is 10.3. The van der Waals surface area contributed by atoms with Crippen LogP contribution in [0.25, 0.3) is 0 Å². The van der Waals surface area contributed by atoms with E-state index in [-0.39, 0.29) is 0 Å². The molecule has 0 aliphatic carbocycles. The van der Waals surface area contributed by atoms with Gasteiger partial charge >= 0.3 is 0 Å². The van der Waals surface area contributed by atoms with Crippen LogP contribution in [0.2, 0.25) is 0 Å². The summed E-state index contributed by atoms with van der Waals surface area (Å²) < 4.78 is 6.82. The Balaban J connectivity index is 2.33. The maximum atomic E-state index is 9.24. The number of anilines is 2. The lowest BCUT2D eigenvalue weighted by atomic mass is 10.1. The molecule has 20 heavy (non-hydrogen) atoms. The minimum absolute atomic E-state index is 0.578. The Morgan fingerprint density at radius 2 is 2.15 bits per heavy atom. The predicted octanol–water partition coefficient (Wildman–Crippen LogP) is 2.53. The molecule has 0 unspecified atom stereocenters. The zero-order valence-corrected chi connectivity index (χ0v) is 12.0. The van der Waals surface area contributed by atoms with Gasteiger partial charge in [-0.3, -0.25) is 4.68 Å². The standard InChI is InChI=1S/C15H18N4O/c1-11-13(10-16)15(19(2)18-11)17-14-7-5-4-6-12(14)8-9-20-3/h4-7,17H,8-9H2,1-3H3. The SMILES string of the molecule is COCCc1ccccc1Nc1c(C#N)c(C)nn1C. The van der Waals surface area contributed by atoms with E-state index in [1.807, 2.05) is 32.2 Å². The van der Waals surface area contributed by atoms with Crippen molar-refractivity contribution in [2.24, 2.45) is 7.05 Å². The van der Waals surface area contributed by atoms with Crippen molar-refractivity contribution in [3.8, 4) is 6.07 Å². The maximum Gasteiger partial charge on any atom is 0.146 e. The molecule has 104 valence electrons. The first kappa shape index (κ1) is 14.1. The number of nitrogens with zero attached hydrogens (tertiary/aromatic N) is 3. The molecule has 2 aromatic rings. The van der Waals surface area contributed by atoms with E-state index in [0.717, 1.165) is 29.2 Å². The summed E-state index contributed by atoms with van der Waals surface area (Å²) in [4.78, 5) is 0. The van der Waals surface area contributed by atoms with Gasteiger partial charge in [-0.25, -0.2) is 0 Å². The fraction of sp³-hybridized carbons (Fsp3) is 0.333. The number of hydrogen-bond donors (Lipinski definition) is 1. The molecule has 0 aliphatic heterocycles. The third-order valence-electron chi connectivity index (χ3n) is 3.18. The van der Waals surface area contributed by atoms with Gasteiger partial charge in [-0.05, 0) is 25.0 Å². The number of nitrogens with one attached hydrogen (secondary N) is 1. The lowest BCUT2D eigenvalue weighted by molar-refractivity contribution is 0.202. The Morgan fingerprint density at radius 3 is 2.85 bits per heavy atom. The Bertz CT molecular complexity index is 640. The molecule has 0 aliphatic rings. The fourth-order valence-corrected chi connectivity index (χ4v) is 2.14. The summed E-state index contributed by atoms with van der Waals surface area (Å²) in [5.74, 6) is 0.717. The fourth-order valence-electron chi connectivity index (χ4n) is 2.14. The summed E-state index contributed by atoms with van der Waals surface area (Å²) in [6.45, 7) is 2.49. The second-order valence-corrected chi connectivity index (χ2v) is 4.57. The van der Waals surface area contributed by atoms with Crippen molar-refractivity contribution in [2.45, 2.75) is 13.3 Å². The minimum atomic E-state index is 0.578. The predicted molar refractivity (Wildman–Crippen MR) is 78.0 cm³/mol. The molecule has 0 fully saturated rings. The first-order valence-electron chi connectivity index (χ1n) is 6.45. The van der Waals surface area contributed by atoms with E-state index in [2.05, 4.69) is 22.6 Å². The molecule has 0 saturated carbocycles. The van der Waals surface area contributed by atoms with Crippen LogP contribution in [0.4, 0.5) is 11.5 Å². The number of aryl methyl sites for hydroxylation is 2. The van der Waals surface area contributed by atoms with Gasteiger partial charge in [0.1, 0.15) is 17.5 Å². The van der Waals surface area contributed by atoms with Gasteiger partial charge in [0, 0.05) is 19.8 Å². The van der Waals surface area contributed by atoms with Gasteiger partial charge < -0.3 is 10.1 Å². The number of ether oxygens (including phenoxy) is 1. The number of rotatable bonds is 5. The highest BCUT2D eigenvalue weighted by molar-refractivity contribution is 5.66. The highest BCUT2D eigenvalue weighted by atomic mass is 16.5. The average Bonchev–Trinajstić information content (AvgIpc) is 2.71. The molecule has 0 spiro atoms. The Kier molecular flexibility index (Phi) is 4.38. The summed E-state index contributed by atoms with van der Waals surface area (Å²) in [6, 6.07) is 10.2. The molecule has 1 aromatic carbocycles. The van der Waals surface area contributed by atoms with E-state index >= 15 is 0 Å².